The van der Waals surface area contributed by atoms with Crippen molar-refractivity contribution in [2.45, 2.75) is 13.3 Å². The van der Waals surface area contributed by atoms with Gasteiger partial charge in [-0.05, 0) is 24.1 Å². The number of aromatic hydroxyl groups is 3. The Balaban J connectivity index is 2.43. The highest BCUT2D eigenvalue weighted by atomic mass is 16.4. The van der Waals surface area contributed by atoms with E-state index in [4.69, 9.17) is 0 Å². The minimum atomic E-state index is -1.42. The first-order valence-corrected chi connectivity index (χ1v) is 7.05. The molecule has 0 bridgehead atoms. The summed E-state index contributed by atoms with van der Waals surface area (Å²) in [6, 6.07) is 2.91. The van der Waals surface area contributed by atoms with Gasteiger partial charge in [-0.3, -0.25) is 9.59 Å². The molecule has 7 nitrogen and oxygen atoms in total. The van der Waals surface area contributed by atoms with Crippen LogP contribution in [0.4, 0.5) is 0 Å². The van der Waals surface area contributed by atoms with Crippen LogP contribution in [0.3, 0.4) is 0 Å². The van der Waals surface area contributed by atoms with Crippen LogP contribution < -0.4 is 0 Å². The van der Waals surface area contributed by atoms with E-state index >= 15 is 0 Å². The molecule has 0 aromatic heterocycles. The van der Waals surface area contributed by atoms with Gasteiger partial charge in [0.15, 0.2) is 11.6 Å². The Hall–Kier alpha value is -3.35. The summed E-state index contributed by atoms with van der Waals surface area (Å²) in [7, 11) is 0. The van der Waals surface area contributed by atoms with Crippen molar-refractivity contribution in [1.82, 2.24) is 0 Å². The summed E-state index contributed by atoms with van der Waals surface area (Å²) < 4.78 is 0. The van der Waals surface area contributed by atoms with Crippen molar-refractivity contribution in [3.8, 4) is 17.2 Å². The molecule has 0 aliphatic heterocycles. The monoisotopic (exact) mass is 328 g/mol. The van der Waals surface area contributed by atoms with Crippen LogP contribution in [0, 0.1) is 0 Å². The average Bonchev–Trinajstić information content (AvgIpc) is 2.50. The first kappa shape index (κ1) is 15.5. The number of ketones is 2. The molecule has 0 radical (unpaired) electrons. The van der Waals surface area contributed by atoms with E-state index in [1.165, 1.54) is 0 Å². The summed E-state index contributed by atoms with van der Waals surface area (Å²) in [5.41, 5.74) is -1.22. The van der Waals surface area contributed by atoms with Crippen molar-refractivity contribution in [2.75, 3.05) is 0 Å². The van der Waals surface area contributed by atoms with Crippen LogP contribution in [0.2, 0.25) is 0 Å². The quantitative estimate of drug-likeness (QED) is 0.564. The van der Waals surface area contributed by atoms with Gasteiger partial charge >= 0.3 is 5.97 Å². The molecule has 24 heavy (non-hydrogen) atoms. The van der Waals surface area contributed by atoms with E-state index in [2.05, 4.69) is 0 Å². The highest BCUT2D eigenvalue weighted by molar-refractivity contribution is 6.30. The van der Waals surface area contributed by atoms with Crippen molar-refractivity contribution in [3.63, 3.8) is 0 Å². The van der Waals surface area contributed by atoms with Gasteiger partial charge in [0.1, 0.15) is 22.8 Å². The molecule has 2 aromatic carbocycles. The molecule has 0 fully saturated rings. The van der Waals surface area contributed by atoms with E-state index in [-0.39, 0.29) is 34.2 Å². The number of fused-ring (bicyclic) bond motifs is 2. The molecule has 7 heteroatoms. The number of phenolic OH excluding ortho intramolecular Hbond substituents is 2. The van der Waals surface area contributed by atoms with E-state index in [1.807, 2.05) is 0 Å². The maximum Gasteiger partial charge on any atom is 0.339 e. The first-order chi connectivity index (χ1) is 11.3. The lowest BCUT2D eigenvalue weighted by molar-refractivity contribution is 0.0692. The van der Waals surface area contributed by atoms with Crippen LogP contribution in [0.25, 0.3) is 0 Å². The fourth-order valence-electron chi connectivity index (χ4n) is 3.05. The topological polar surface area (TPSA) is 132 Å². The molecular formula is C17H12O7. The van der Waals surface area contributed by atoms with Crippen LogP contribution in [0.1, 0.15) is 54.7 Å². The number of aromatic carboxylic acids is 1. The van der Waals surface area contributed by atoms with Crippen molar-refractivity contribution in [2.24, 2.45) is 0 Å². The third-order valence-electron chi connectivity index (χ3n) is 4.02. The van der Waals surface area contributed by atoms with E-state index < -0.39 is 40.3 Å². The number of carbonyl (C=O) groups is 3. The number of phenols is 3. The Morgan fingerprint density at radius 3 is 2.12 bits per heavy atom. The normalized spacial score (nSPS) is 12.7. The predicted molar refractivity (Wildman–Crippen MR) is 81.1 cm³/mol. The SMILES string of the molecule is CCc1c(C(=O)O)c(O)cc2c1C(=O)c1c(O)cc(O)cc1C2=O. The van der Waals surface area contributed by atoms with Crippen LogP contribution in [0.15, 0.2) is 18.2 Å². The van der Waals surface area contributed by atoms with E-state index in [0.29, 0.717) is 0 Å². The third kappa shape index (κ3) is 1.95. The van der Waals surface area contributed by atoms with Gasteiger partial charge < -0.3 is 20.4 Å². The molecular weight excluding hydrogens is 316 g/mol. The molecule has 0 atom stereocenters. The lowest BCUT2D eigenvalue weighted by atomic mass is 9.79. The summed E-state index contributed by atoms with van der Waals surface area (Å²) in [6.07, 6.45) is 0.0889. The molecule has 0 unspecified atom stereocenters. The molecule has 1 aliphatic carbocycles. The smallest absolute Gasteiger partial charge is 0.339 e. The fraction of sp³-hybridized carbons (Fsp3) is 0.118. The fourth-order valence-corrected chi connectivity index (χ4v) is 3.05. The lowest BCUT2D eigenvalue weighted by Crippen LogP contribution is -2.24. The maximum atomic E-state index is 12.8. The molecule has 2 aromatic rings. The summed E-state index contributed by atoms with van der Waals surface area (Å²) in [5, 5.41) is 38.7. The second kappa shape index (κ2) is 5.09. The largest absolute Gasteiger partial charge is 0.508 e. The summed E-state index contributed by atoms with van der Waals surface area (Å²) in [6.45, 7) is 1.59. The maximum absolute atomic E-state index is 12.8. The number of benzene rings is 2. The minimum absolute atomic E-state index is 0.0222. The average molecular weight is 328 g/mol. The summed E-state index contributed by atoms with van der Waals surface area (Å²) >= 11 is 0. The second-order valence-corrected chi connectivity index (χ2v) is 5.38. The van der Waals surface area contributed by atoms with Gasteiger partial charge in [-0.1, -0.05) is 6.92 Å². The molecule has 122 valence electrons. The first-order valence-electron chi connectivity index (χ1n) is 7.05. The highest BCUT2D eigenvalue weighted by Crippen LogP contribution is 2.40. The molecule has 0 amide bonds. The lowest BCUT2D eigenvalue weighted by Gasteiger charge is -2.22. The Kier molecular flexibility index (Phi) is 3.30. The Labute approximate surface area is 135 Å². The third-order valence-corrected chi connectivity index (χ3v) is 4.02. The molecule has 0 spiro atoms. The zero-order valence-corrected chi connectivity index (χ0v) is 12.5. The van der Waals surface area contributed by atoms with Crippen molar-refractivity contribution in [3.05, 3.63) is 51.6 Å². The van der Waals surface area contributed by atoms with E-state index in [9.17, 15) is 34.8 Å². The van der Waals surface area contributed by atoms with Crippen LogP contribution >= 0.6 is 0 Å². The molecule has 3 rings (SSSR count). The Morgan fingerprint density at radius 2 is 1.54 bits per heavy atom. The van der Waals surface area contributed by atoms with E-state index in [1.54, 1.807) is 6.92 Å². The number of hydrogen-bond acceptors (Lipinski definition) is 6. The molecule has 1 aliphatic rings. The Morgan fingerprint density at radius 1 is 0.917 bits per heavy atom. The predicted octanol–water partition coefficient (Wildman–Crippen LogP) is 1.84. The number of hydrogen-bond donors (Lipinski definition) is 4. The van der Waals surface area contributed by atoms with Gasteiger partial charge in [0.05, 0.1) is 5.56 Å². The Bertz CT molecular complexity index is 941. The van der Waals surface area contributed by atoms with Crippen LogP contribution in [0.5, 0.6) is 17.2 Å². The van der Waals surface area contributed by atoms with Gasteiger partial charge in [0.2, 0.25) is 0 Å². The van der Waals surface area contributed by atoms with Gasteiger partial charge in [-0.25, -0.2) is 4.79 Å². The standard InChI is InChI=1S/C17H12O7/c1-2-7-12-9(5-11(20)14(7)17(23)24)15(21)8-3-6(18)4-10(19)13(8)16(12)22/h3-5,18-20H,2H2,1H3,(H,23,24). The number of carboxylic acid groups (broad SMARTS) is 1. The number of rotatable bonds is 2. The van der Waals surface area contributed by atoms with Gasteiger partial charge in [0.25, 0.3) is 0 Å². The molecule has 0 heterocycles. The van der Waals surface area contributed by atoms with Crippen LogP contribution in [-0.4, -0.2) is 38.0 Å². The zero-order valence-electron chi connectivity index (χ0n) is 12.5. The summed E-state index contributed by atoms with van der Waals surface area (Å²) in [4.78, 5) is 36.8. The van der Waals surface area contributed by atoms with Crippen molar-refractivity contribution < 1.29 is 34.8 Å². The number of carboxylic acids is 1. The van der Waals surface area contributed by atoms with Gasteiger partial charge in [-0.15, -0.1) is 0 Å². The summed E-state index contributed by atoms with van der Waals surface area (Å²) in [5.74, 6) is -4.41. The van der Waals surface area contributed by atoms with Gasteiger partial charge in [0, 0.05) is 22.8 Å². The van der Waals surface area contributed by atoms with Gasteiger partial charge in [-0.2, -0.15) is 0 Å². The second-order valence-electron chi connectivity index (χ2n) is 5.38. The molecule has 4 N–H and O–H groups in total. The number of carbonyl (C=O) groups excluding carboxylic acids is 2. The molecule has 0 saturated carbocycles. The van der Waals surface area contributed by atoms with Crippen molar-refractivity contribution in [1.29, 1.82) is 0 Å². The van der Waals surface area contributed by atoms with Crippen molar-refractivity contribution >= 4 is 17.5 Å². The molecule has 0 saturated heterocycles. The van der Waals surface area contributed by atoms with Crippen LogP contribution in [-0.2, 0) is 6.42 Å². The van der Waals surface area contributed by atoms with E-state index in [0.717, 1.165) is 18.2 Å². The minimum Gasteiger partial charge on any atom is -0.508 e. The highest BCUT2D eigenvalue weighted by Gasteiger charge is 2.37. The zero-order chi connectivity index (χ0) is 17.8.